The number of halogens is 1. The lowest BCUT2D eigenvalue weighted by Crippen LogP contribution is -2.47. The van der Waals surface area contributed by atoms with E-state index in [0.717, 1.165) is 0 Å². The maximum Gasteiger partial charge on any atom is 0.321 e. The summed E-state index contributed by atoms with van der Waals surface area (Å²) in [6.07, 6.45) is 1.40. The van der Waals surface area contributed by atoms with Gasteiger partial charge in [0.25, 0.3) is 5.91 Å². The summed E-state index contributed by atoms with van der Waals surface area (Å²) in [6.45, 7) is 1.15. The molecule has 1 fully saturated rings. The van der Waals surface area contributed by atoms with Crippen molar-refractivity contribution in [2.24, 2.45) is 0 Å². The van der Waals surface area contributed by atoms with E-state index in [1.807, 2.05) is 6.07 Å². The van der Waals surface area contributed by atoms with Crippen LogP contribution in [0.1, 0.15) is 23.2 Å². The maximum atomic E-state index is 12.5. The molecule has 0 atom stereocenters. The summed E-state index contributed by atoms with van der Waals surface area (Å²) in [5, 5.41) is 6.45. The van der Waals surface area contributed by atoms with Crippen LogP contribution in [0.25, 0.3) is 0 Å². The fourth-order valence-corrected chi connectivity index (χ4v) is 3.28. The van der Waals surface area contributed by atoms with Gasteiger partial charge in [-0.25, -0.2) is 4.79 Å². The van der Waals surface area contributed by atoms with Crippen LogP contribution in [0.2, 0.25) is 5.02 Å². The van der Waals surface area contributed by atoms with Gasteiger partial charge in [0.1, 0.15) is 5.75 Å². The predicted octanol–water partition coefficient (Wildman–Crippen LogP) is 3.77. The number of hydrogen-bond donors (Lipinski definition) is 2. The first-order valence-electron chi connectivity index (χ1n) is 8.82. The number of ether oxygens (including phenoxy) is 1. The van der Waals surface area contributed by atoms with Crippen molar-refractivity contribution in [3.63, 3.8) is 0 Å². The van der Waals surface area contributed by atoms with Crippen LogP contribution in [0.4, 0.5) is 10.5 Å². The van der Waals surface area contributed by atoms with E-state index in [2.05, 4.69) is 10.6 Å². The number of carbonyl (C=O) groups is 2. The molecule has 0 aliphatic carbocycles. The van der Waals surface area contributed by atoms with Gasteiger partial charge < -0.3 is 20.3 Å². The van der Waals surface area contributed by atoms with Crippen LogP contribution in [0.3, 0.4) is 0 Å². The quantitative estimate of drug-likeness (QED) is 0.838. The van der Waals surface area contributed by atoms with E-state index in [-0.39, 0.29) is 18.0 Å². The first kappa shape index (κ1) is 19.0. The molecule has 0 saturated carbocycles. The number of likely N-dealkylation sites (tertiary alicyclic amines) is 1. The van der Waals surface area contributed by atoms with Gasteiger partial charge in [-0.3, -0.25) is 4.79 Å². The molecule has 0 unspecified atom stereocenters. The summed E-state index contributed by atoms with van der Waals surface area (Å²) in [5.41, 5.74) is 1.18. The predicted molar refractivity (Wildman–Crippen MR) is 106 cm³/mol. The first-order chi connectivity index (χ1) is 13.1. The van der Waals surface area contributed by atoms with E-state index in [1.54, 1.807) is 54.5 Å². The van der Waals surface area contributed by atoms with Gasteiger partial charge in [-0.2, -0.15) is 0 Å². The molecule has 0 aromatic heterocycles. The first-order valence-corrected chi connectivity index (χ1v) is 9.20. The highest BCUT2D eigenvalue weighted by molar-refractivity contribution is 6.30. The number of amides is 3. The van der Waals surface area contributed by atoms with Crippen LogP contribution >= 0.6 is 11.6 Å². The number of para-hydroxylation sites is 1. The molecule has 1 heterocycles. The minimum Gasteiger partial charge on any atom is -0.496 e. The zero-order valence-electron chi connectivity index (χ0n) is 15.1. The molecule has 2 N–H and O–H groups in total. The Balaban J connectivity index is 1.51. The van der Waals surface area contributed by atoms with Crippen LogP contribution in [-0.2, 0) is 0 Å². The lowest BCUT2D eigenvalue weighted by Gasteiger charge is -2.32. The molecule has 0 bridgehead atoms. The third-order valence-electron chi connectivity index (χ3n) is 4.54. The topological polar surface area (TPSA) is 70.7 Å². The van der Waals surface area contributed by atoms with Crippen molar-refractivity contribution >= 4 is 29.2 Å². The summed E-state index contributed by atoms with van der Waals surface area (Å²) < 4.78 is 5.24. The molecule has 3 rings (SSSR count). The highest BCUT2D eigenvalue weighted by atomic mass is 35.5. The number of nitrogens with zero attached hydrogens (tertiary/aromatic N) is 1. The number of carbonyl (C=O) groups excluding carboxylic acids is 2. The summed E-state index contributed by atoms with van der Waals surface area (Å²) in [5.74, 6) is 0.391. The van der Waals surface area contributed by atoms with E-state index >= 15 is 0 Å². The monoisotopic (exact) mass is 387 g/mol. The fraction of sp³-hybridized carbons (Fsp3) is 0.300. The molecular weight excluding hydrogens is 366 g/mol. The van der Waals surface area contributed by atoms with Crippen LogP contribution < -0.4 is 15.4 Å². The molecule has 2 aromatic carbocycles. The minimum absolute atomic E-state index is 0.0256. The highest BCUT2D eigenvalue weighted by Crippen LogP contribution is 2.19. The Morgan fingerprint density at radius 1 is 1.11 bits per heavy atom. The number of anilines is 1. The summed E-state index contributed by atoms with van der Waals surface area (Å²) in [4.78, 5) is 26.6. The Kier molecular flexibility index (Phi) is 6.19. The van der Waals surface area contributed by atoms with Crippen LogP contribution in [0, 0.1) is 0 Å². The zero-order chi connectivity index (χ0) is 19.2. The third kappa shape index (κ3) is 4.92. The molecule has 0 radical (unpaired) electrons. The Morgan fingerprint density at radius 2 is 1.85 bits per heavy atom. The number of hydrogen-bond acceptors (Lipinski definition) is 3. The van der Waals surface area contributed by atoms with Crippen molar-refractivity contribution in [3.05, 3.63) is 59.1 Å². The van der Waals surface area contributed by atoms with Gasteiger partial charge in [0.05, 0.1) is 12.7 Å². The number of urea groups is 1. The number of methoxy groups -OCH3 is 1. The van der Waals surface area contributed by atoms with Gasteiger partial charge in [-0.15, -0.1) is 0 Å². The van der Waals surface area contributed by atoms with E-state index in [0.29, 0.717) is 48.0 Å². The lowest BCUT2D eigenvalue weighted by molar-refractivity contribution is 0.0916. The van der Waals surface area contributed by atoms with Crippen molar-refractivity contribution in [2.75, 3.05) is 25.5 Å². The molecule has 1 aliphatic heterocycles. The average molecular weight is 388 g/mol. The number of benzene rings is 2. The van der Waals surface area contributed by atoms with Gasteiger partial charge in [-0.05, 0) is 43.2 Å². The summed E-state index contributed by atoms with van der Waals surface area (Å²) >= 11 is 5.94. The van der Waals surface area contributed by atoms with E-state index < -0.39 is 0 Å². The summed E-state index contributed by atoms with van der Waals surface area (Å²) in [7, 11) is 1.54. The maximum absolute atomic E-state index is 12.5. The van der Waals surface area contributed by atoms with Crippen LogP contribution in [0.5, 0.6) is 5.75 Å². The Hall–Kier alpha value is -2.73. The third-order valence-corrected chi connectivity index (χ3v) is 4.78. The van der Waals surface area contributed by atoms with Crippen molar-refractivity contribution in [1.29, 1.82) is 0 Å². The zero-order valence-corrected chi connectivity index (χ0v) is 15.8. The van der Waals surface area contributed by atoms with Gasteiger partial charge in [0, 0.05) is 29.8 Å². The molecular formula is C20H22ClN3O3. The largest absolute Gasteiger partial charge is 0.496 e. The van der Waals surface area contributed by atoms with Crippen molar-refractivity contribution in [2.45, 2.75) is 18.9 Å². The molecule has 2 aromatic rings. The number of rotatable bonds is 4. The second-order valence-corrected chi connectivity index (χ2v) is 6.81. The lowest BCUT2D eigenvalue weighted by atomic mass is 10.0. The summed E-state index contributed by atoms with van der Waals surface area (Å²) in [6, 6.07) is 14.0. The molecule has 3 amide bonds. The highest BCUT2D eigenvalue weighted by Gasteiger charge is 2.25. The molecule has 0 spiro atoms. The molecule has 27 heavy (non-hydrogen) atoms. The molecule has 142 valence electrons. The van der Waals surface area contributed by atoms with Crippen LogP contribution in [0.15, 0.2) is 48.5 Å². The Bertz CT molecular complexity index is 820. The van der Waals surface area contributed by atoms with Gasteiger partial charge in [0.15, 0.2) is 0 Å². The second kappa shape index (κ2) is 8.77. The fourth-order valence-electron chi connectivity index (χ4n) is 3.09. The second-order valence-electron chi connectivity index (χ2n) is 6.38. The Morgan fingerprint density at radius 3 is 2.56 bits per heavy atom. The van der Waals surface area contributed by atoms with Gasteiger partial charge >= 0.3 is 6.03 Å². The van der Waals surface area contributed by atoms with Crippen molar-refractivity contribution < 1.29 is 14.3 Å². The van der Waals surface area contributed by atoms with Gasteiger partial charge in [0.2, 0.25) is 0 Å². The van der Waals surface area contributed by atoms with Crippen molar-refractivity contribution in [3.8, 4) is 5.75 Å². The van der Waals surface area contributed by atoms with E-state index in [9.17, 15) is 9.59 Å². The number of piperidine rings is 1. The number of nitrogens with one attached hydrogen (secondary N) is 2. The van der Waals surface area contributed by atoms with E-state index in [1.165, 1.54) is 0 Å². The standard InChI is InChI=1S/C20H22ClN3O3/c1-27-18-8-3-2-7-17(18)19(25)22-15-9-11-24(12-10-15)20(26)23-16-6-4-5-14(21)13-16/h2-8,13,15H,9-12H2,1H3,(H,22,25)(H,23,26). The normalized spacial score (nSPS) is 14.5. The molecule has 1 aliphatic rings. The Labute approximate surface area is 163 Å². The van der Waals surface area contributed by atoms with Crippen LogP contribution in [-0.4, -0.2) is 43.1 Å². The SMILES string of the molecule is COc1ccccc1C(=O)NC1CCN(C(=O)Nc2cccc(Cl)c2)CC1. The molecule has 7 heteroatoms. The minimum atomic E-state index is -0.160. The molecule has 1 saturated heterocycles. The smallest absolute Gasteiger partial charge is 0.321 e. The van der Waals surface area contributed by atoms with Gasteiger partial charge in [-0.1, -0.05) is 29.8 Å². The average Bonchev–Trinajstić information content (AvgIpc) is 2.68. The van der Waals surface area contributed by atoms with E-state index in [4.69, 9.17) is 16.3 Å². The van der Waals surface area contributed by atoms with Crippen molar-refractivity contribution in [1.82, 2.24) is 10.2 Å². The molecule has 6 nitrogen and oxygen atoms in total.